The molecule has 1 N–H and O–H groups in total. The second kappa shape index (κ2) is 7.09. The van der Waals surface area contributed by atoms with E-state index in [2.05, 4.69) is 35.6 Å². The van der Waals surface area contributed by atoms with E-state index in [-0.39, 0.29) is 0 Å². The summed E-state index contributed by atoms with van der Waals surface area (Å²) in [6.45, 7) is 8.84. The molecule has 1 aliphatic carbocycles. The third kappa shape index (κ3) is 4.07. The number of hydrogen-bond donors (Lipinski definition) is 1. The molecular weight excluding hydrogens is 234 g/mol. The van der Waals surface area contributed by atoms with Crippen LogP contribution in [0, 0.1) is 11.8 Å². The average Bonchev–Trinajstić information content (AvgIpc) is 2.87. The predicted octanol–water partition coefficient (Wildman–Crippen LogP) is 3.77. The average molecular weight is 263 g/mol. The van der Waals surface area contributed by atoms with Gasteiger partial charge < -0.3 is 9.88 Å². The SMILES string of the molecule is CCC1CCC(n2cncc2CNCC(C)C)CC1. The van der Waals surface area contributed by atoms with Crippen molar-refractivity contribution in [1.29, 1.82) is 0 Å². The molecule has 0 aromatic carbocycles. The fourth-order valence-corrected chi connectivity index (χ4v) is 3.12. The van der Waals surface area contributed by atoms with Crippen LogP contribution in [-0.2, 0) is 6.54 Å². The van der Waals surface area contributed by atoms with E-state index in [1.54, 1.807) is 0 Å². The molecule has 1 aromatic heterocycles. The van der Waals surface area contributed by atoms with Crippen LogP contribution in [0.2, 0.25) is 0 Å². The summed E-state index contributed by atoms with van der Waals surface area (Å²) in [5, 5.41) is 3.53. The minimum atomic E-state index is 0.682. The molecule has 1 heterocycles. The number of rotatable bonds is 6. The van der Waals surface area contributed by atoms with Crippen LogP contribution in [0.3, 0.4) is 0 Å². The molecule has 3 heteroatoms. The van der Waals surface area contributed by atoms with E-state index in [9.17, 15) is 0 Å². The van der Waals surface area contributed by atoms with Gasteiger partial charge in [-0.1, -0.05) is 27.2 Å². The zero-order valence-corrected chi connectivity index (χ0v) is 12.7. The monoisotopic (exact) mass is 263 g/mol. The highest BCUT2D eigenvalue weighted by Gasteiger charge is 2.22. The first-order valence-electron chi connectivity index (χ1n) is 7.92. The zero-order chi connectivity index (χ0) is 13.7. The third-order valence-electron chi connectivity index (χ3n) is 4.39. The van der Waals surface area contributed by atoms with Gasteiger partial charge in [0, 0.05) is 18.8 Å². The maximum atomic E-state index is 4.36. The van der Waals surface area contributed by atoms with Crippen molar-refractivity contribution >= 4 is 0 Å². The Morgan fingerprint density at radius 3 is 2.68 bits per heavy atom. The molecule has 0 amide bonds. The second-order valence-corrected chi connectivity index (χ2v) is 6.40. The summed E-state index contributed by atoms with van der Waals surface area (Å²) in [5.74, 6) is 1.67. The standard InChI is InChI=1S/C16H29N3/c1-4-14-5-7-15(8-6-14)19-12-18-11-16(19)10-17-9-13(2)3/h11-15,17H,4-10H2,1-3H3. The molecule has 0 bridgehead atoms. The van der Waals surface area contributed by atoms with Crippen molar-refractivity contribution in [3.05, 3.63) is 18.2 Å². The van der Waals surface area contributed by atoms with Crippen LogP contribution in [0.25, 0.3) is 0 Å². The summed E-state index contributed by atoms with van der Waals surface area (Å²) in [7, 11) is 0. The van der Waals surface area contributed by atoms with Gasteiger partial charge in [-0.15, -0.1) is 0 Å². The van der Waals surface area contributed by atoms with Gasteiger partial charge in [-0.3, -0.25) is 0 Å². The molecule has 1 fully saturated rings. The molecule has 1 aromatic rings. The molecule has 0 unspecified atom stereocenters. The Balaban J connectivity index is 1.88. The molecule has 19 heavy (non-hydrogen) atoms. The van der Waals surface area contributed by atoms with Crippen LogP contribution >= 0.6 is 0 Å². The number of hydrogen-bond acceptors (Lipinski definition) is 2. The maximum Gasteiger partial charge on any atom is 0.0951 e. The summed E-state index contributed by atoms with van der Waals surface area (Å²) >= 11 is 0. The van der Waals surface area contributed by atoms with Crippen molar-refractivity contribution in [2.45, 2.75) is 65.5 Å². The number of nitrogens with zero attached hydrogens (tertiary/aromatic N) is 2. The molecule has 0 saturated heterocycles. The summed E-state index contributed by atoms with van der Waals surface area (Å²) in [4.78, 5) is 4.36. The van der Waals surface area contributed by atoms with Crippen molar-refractivity contribution in [3.63, 3.8) is 0 Å². The summed E-state index contributed by atoms with van der Waals surface area (Å²) in [6.07, 6.45) is 10.8. The van der Waals surface area contributed by atoms with E-state index >= 15 is 0 Å². The first-order chi connectivity index (χ1) is 9.20. The van der Waals surface area contributed by atoms with Crippen molar-refractivity contribution in [2.24, 2.45) is 11.8 Å². The highest BCUT2D eigenvalue weighted by atomic mass is 15.1. The Morgan fingerprint density at radius 2 is 2.05 bits per heavy atom. The van der Waals surface area contributed by atoms with E-state index in [1.165, 1.54) is 37.8 Å². The highest BCUT2D eigenvalue weighted by Crippen LogP contribution is 2.34. The smallest absolute Gasteiger partial charge is 0.0951 e. The van der Waals surface area contributed by atoms with E-state index in [0.717, 1.165) is 19.0 Å². The molecule has 3 nitrogen and oxygen atoms in total. The van der Waals surface area contributed by atoms with Gasteiger partial charge in [0.1, 0.15) is 0 Å². The Hall–Kier alpha value is -0.830. The Kier molecular flexibility index (Phi) is 5.44. The minimum Gasteiger partial charge on any atom is -0.330 e. The largest absolute Gasteiger partial charge is 0.330 e. The van der Waals surface area contributed by atoms with Crippen LogP contribution in [0.4, 0.5) is 0 Å². The Labute approximate surface area is 117 Å². The van der Waals surface area contributed by atoms with Gasteiger partial charge in [-0.2, -0.15) is 0 Å². The van der Waals surface area contributed by atoms with E-state index < -0.39 is 0 Å². The molecule has 1 saturated carbocycles. The normalized spacial score (nSPS) is 24.0. The zero-order valence-electron chi connectivity index (χ0n) is 12.7. The molecule has 0 atom stereocenters. The summed E-state index contributed by atoms with van der Waals surface area (Å²) in [6, 6.07) is 0.682. The summed E-state index contributed by atoms with van der Waals surface area (Å²) < 4.78 is 2.42. The topological polar surface area (TPSA) is 29.9 Å². The van der Waals surface area contributed by atoms with E-state index in [1.807, 2.05) is 12.5 Å². The Bertz CT molecular complexity index is 362. The van der Waals surface area contributed by atoms with Gasteiger partial charge in [-0.05, 0) is 44.1 Å². The van der Waals surface area contributed by atoms with Crippen LogP contribution in [0.1, 0.15) is 64.6 Å². The first-order valence-corrected chi connectivity index (χ1v) is 7.92. The number of nitrogens with one attached hydrogen (secondary N) is 1. The molecular formula is C16H29N3. The van der Waals surface area contributed by atoms with Gasteiger partial charge in [0.05, 0.1) is 12.0 Å². The van der Waals surface area contributed by atoms with Gasteiger partial charge in [0.15, 0.2) is 0 Å². The molecule has 0 aliphatic heterocycles. The molecule has 1 aliphatic rings. The van der Waals surface area contributed by atoms with Crippen molar-refractivity contribution < 1.29 is 0 Å². The van der Waals surface area contributed by atoms with Crippen molar-refractivity contribution in [2.75, 3.05) is 6.54 Å². The lowest BCUT2D eigenvalue weighted by Crippen LogP contribution is -2.23. The highest BCUT2D eigenvalue weighted by molar-refractivity contribution is 5.01. The first kappa shape index (κ1) is 14.6. The van der Waals surface area contributed by atoms with Gasteiger partial charge in [-0.25, -0.2) is 4.98 Å². The van der Waals surface area contributed by atoms with Crippen LogP contribution in [0.5, 0.6) is 0 Å². The fraction of sp³-hybridized carbons (Fsp3) is 0.812. The van der Waals surface area contributed by atoms with Gasteiger partial charge in [0.2, 0.25) is 0 Å². The molecule has 0 spiro atoms. The predicted molar refractivity (Wildman–Crippen MR) is 80.1 cm³/mol. The quantitative estimate of drug-likeness (QED) is 0.846. The van der Waals surface area contributed by atoms with Crippen LogP contribution in [0.15, 0.2) is 12.5 Å². The lowest BCUT2D eigenvalue weighted by molar-refractivity contribution is 0.265. The van der Waals surface area contributed by atoms with Crippen LogP contribution in [-0.4, -0.2) is 16.1 Å². The second-order valence-electron chi connectivity index (χ2n) is 6.40. The number of imidazole rings is 1. The Morgan fingerprint density at radius 1 is 1.32 bits per heavy atom. The molecule has 2 rings (SSSR count). The lowest BCUT2D eigenvalue weighted by atomic mass is 9.84. The fourth-order valence-electron chi connectivity index (χ4n) is 3.12. The lowest BCUT2D eigenvalue weighted by Gasteiger charge is -2.29. The number of aromatic nitrogens is 2. The maximum absolute atomic E-state index is 4.36. The van der Waals surface area contributed by atoms with Gasteiger partial charge in [0.25, 0.3) is 0 Å². The molecule has 0 radical (unpaired) electrons. The van der Waals surface area contributed by atoms with E-state index in [0.29, 0.717) is 12.0 Å². The van der Waals surface area contributed by atoms with Crippen molar-refractivity contribution in [3.8, 4) is 0 Å². The van der Waals surface area contributed by atoms with Gasteiger partial charge >= 0.3 is 0 Å². The summed E-state index contributed by atoms with van der Waals surface area (Å²) in [5.41, 5.74) is 1.35. The molecule has 108 valence electrons. The third-order valence-corrected chi connectivity index (χ3v) is 4.39. The van der Waals surface area contributed by atoms with Crippen molar-refractivity contribution in [1.82, 2.24) is 14.9 Å². The minimum absolute atomic E-state index is 0.682. The van der Waals surface area contributed by atoms with E-state index in [4.69, 9.17) is 0 Å². The van der Waals surface area contributed by atoms with Crippen LogP contribution < -0.4 is 5.32 Å².